The molecule has 0 aliphatic carbocycles. The van der Waals surface area contributed by atoms with E-state index >= 15 is 0 Å². The van der Waals surface area contributed by atoms with Gasteiger partial charge in [-0.2, -0.15) is 4.31 Å². The molecule has 1 N–H and O–H groups in total. The highest BCUT2D eigenvalue weighted by Crippen LogP contribution is 2.17. The zero-order chi connectivity index (χ0) is 19.3. The molecule has 1 heterocycles. The summed E-state index contributed by atoms with van der Waals surface area (Å²) in [5, 5.41) is 2.94. The highest BCUT2D eigenvalue weighted by Gasteiger charge is 2.28. The van der Waals surface area contributed by atoms with E-state index in [0.29, 0.717) is 49.7 Å². The van der Waals surface area contributed by atoms with Crippen molar-refractivity contribution >= 4 is 15.9 Å². The van der Waals surface area contributed by atoms with E-state index in [1.165, 1.54) is 4.31 Å². The third-order valence-corrected chi connectivity index (χ3v) is 6.73. The average molecular weight is 388 g/mol. The number of nitrogens with zero attached hydrogens (tertiary/aromatic N) is 2. The Labute approximate surface area is 160 Å². The Hall–Kier alpha value is -2.22. The minimum Gasteiger partial charge on any atom is -0.351 e. The average Bonchev–Trinajstić information content (AvgIpc) is 2.69. The lowest BCUT2D eigenvalue weighted by Crippen LogP contribution is -2.50. The van der Waals surface area contributed by atoms with Crippen molar-refractivity contribution in [2.24, 2.45) is 0 Å². The number of rotatable bonds is 6. The van der Waals surface area contributed by atoms with Gasteiger partial charge in [0.05, 0.1) is 4.90 Å². The van der Waals surface area contributed by atoms with E-state index in [2.05, 4.69) is 10.2 Å². The molecule has 1 aliphatic rings. The molecule has 1 saturated heterocycles. The molecule has 0 radical (unpaired) electrons. The fourth-order valence-corrected chi connectivity index (χ4v) is 4.63. The largest absolute Gasteiger partial charge is 0.351 e. The SMILES string of the molecule is Cc1ccccc1C(=O)NCCN1CCN(S(=O)(=O)c2ccccc2)CC1. The molecule has 144 valence electrons. The maximum absolute atomic E-state index is 12.6. The highest BCUT2D eigenvalue weighted by atomic mass is 32.2. The first kappa shape index (κ1) is 19.5. The molecule has 2 aromatic carbocycles. The molecule has 7 heteroatoms. The predicted molar refractivity (Wildman–Crippen MR) is 105 cm³/mol. The van der Waals surface area contributed by atoms with Crippen molar-refractivity contribution in [1.82, 2.24) is 14.5 Å². The van der Waals surface area contributed by atoms with Crippen molar-refractivity contribution in [2.75, 3.05) is 39.3 Å². The Morgan fingerprint density at radius 3 is 2.26 bits per heavy atom. The van der Waals surface area contributed by atoms with E-state index in [1.807, 2.05) is 37.3 Å². The fourth-order valence-electron chi connectivity index (χ4n) is 3.19. The smallest absolute Gasteiger partial charge is 0.251 e. The second kappa shape index (κ2) is 8.65. The van der Waals surface area contributed by atoms with E-state index in [-0.39, 0.29) is 5.91 Å². The van der Waals surface area contributed by atoms with Crippen LogP contribution in [0, 0.1) is 6.92 Å². The minimum absolute atomic E-state index is 0.0709. The Morgan fingerprint density at radius 1 is 0.963 bits per heavy atom. The Morgan fingerprint density at radius 2 is 1.59 bits per heavy atom. The number of carbonyl (C=O) groups excluding carboxylic acids is 1. The number of amides is 1. The second-order valence-electron chi connectivity index (χ2n) is 6.63. The highest BCUT2D eigenvalue weighted by molar-refractivity contribution is 7.89. The van der Waals surface area contributed by atoms with Crippen LogP contribution in [0.15, 0.2) is 59.5 Å². The van der Waals surface area contributed by atoms with Crippen LogP contribution in [0.3, 0.4) is 0 Å². The maximum Gasteiger partial charge on any atom is 0.251 e. The van der Waals surface area contributed by atoms with Gasteiger partial charge in [0, 0.05) is 44.8 Å². The van der Waals surface area contributed by atoms with Gasteiger partial charge in [-0.25, -0.2) is 8.42 Å². The third-order valence-electron chi connectivity index (χ3n) is 4.82. The lowest BCUT2D eigenvalue weighted by molar-refractivity contribution is 0.0944. The molecular weight excluding hydrogens is 362 g/mol. The normalized spacial score (nSPS) is 16.2. The molecule has 27 heavy (non-hydrogen) atoms. The number of sulfonamides is 1. The number of aryl methyl sites for hydroxylation is 1. The summed E-state index contributed by atoms with van der Waals surface area (Å²) < 4.78 is 26.8. The van der Waals surface area contributed by atoms with Crippen LogP contribution in [-0.4, -0.2) is 62.8 Å². The van der Waals surface area contributed by atoms with Gasteiger partial charge < -0.3 is 5.32 Å². The number of piperazine rings is 1. The molecule has 1 aliphatic heterocycles. The van der Waals surface area contributed by atoms with Crippen molar-refractivity contribution < 1.29 is 13.2 Å². The Bertz CT molecular complexity index is 876. The molecule has 2 aromatic rings. The first-order valence-corrected chi connectivity index (χ1v) is 10.5. The van der Waals surface area contributed by atoms with Gasteiger partial charge in [0.25, 0.3) is 5.91 Å². The van der Waals surface area contributed by atoms with Crippen LogP contribution in [0.25, 0.3) is 0 Å². The van der Waals surface area contributed by atoms with Crippen LogP contribution in [-0.2, 0) is 10.0 Å². The van der Waals surface area contributed by atoms with Crippen LogP contribution < -0.4 is 5.32 Å². The second-order valence-corrected chi connectivity index (χ2v) is 8.57. The molecule has 6 nitrogen and oxygen atoms in total. The number of benzene rings is 2. The standard InChI is InChI=1S/C20H25N3O3S/c1-17-7-5-6-10-19(17)20(24)21-11-12-22-13-15-23(16-14-22)27(25,26)18-8-3-2-4-9-18/h2-10H,11-16H2,1H3,(H,21,24). The van der Waals surface area contributed by atoms with Crippen LogP contribution >= 0.6 is 0 Å². The molecule has 1 fully saturated rings. The van der Waals surface area contributed by atoms with Gasteiger partial charge in [0.2, 0.25) is 10.0 Å². The maximum atomic E-state index is 12.6. The molecule has 3 rings (SSSR count). The summed E-state index contributed by atoms with van der Waals surface area (Å²) in [6.45, 7) is 5.40. The van der Waals surface area contributed by atoms with Gasteiger partial charge in [-0.3, -0.25) is 9.69 Å². The van der Waals surface area contributed by atoms with Crippen molar-refractivity contribution in [3.63, 3.8) is 0 Å². The molecular formula is C20H25N3O3S. The van der Waals surface area contributed by atoms with Crippen molar-refractivity contribution in [2.45, 2.75) is 11.8 Å². The zero-order valence-corrected chi connectivity index (χ0v) is 16.3. The summed E-state index contributed by atoms with van der Waals surface area (Å²) in [6, 6.07) is 16.0. The predicted octanol–water partition coefficient (Wildman–Crippen LogP) is 1.73. The lowest BCUT2D eigenvalue weighted by Gasteiger charge is -2.33. The minimum atomic E-state index is -3.42. The first-order valence-electron chi connectivity index (χ1n) is 9.10. The van der Waals surface area contributed by atoms with E-state index in [4.69, 9.17) is 0 Å². The van der Waals surface area contributed by atoms with Gasteiger partial charge in [0.1, 0.15) is 0 Å². The summed E-state index contributed by atoms with van der Waals surface area (Å²) >= 11 is 0. The zero-order valence-electron chi connectivity index (χ0n) is 15.5. The summed E-state index contributed by atoms with van der Waals surface area (Å²) in [6.07, 6.45) is 0. The summed E-state index contributed by atoms with van der Waals surface area (Å²) in [5.41, 5.74) is 1.64. The van der Waals surface area contributed by atoms with Crippen molar-refractivity contribution in [3.05, 3.63) is 65.7 Å². The number of nitrogens with one attached hydrogen (secondary N) is 1. The summed E-state index contributed by atoms with van der Waals surface area (Å²) in [7, 11) is -3.42. The molecule has 1 amide bonds. The third kappa shape index (κ3) is 4.74. The van der Waals surface area contributed by atoms with Crippen molar-refractivity contribution in [3.8, 4) is 0 Å². The van der Waals surface area contributed by atoms with Crippen LogP contribution in [0.2, 0.25) is 0 Å². The van der Waals surface area contributed by atoms with E-state index in [9.17, 15) is 13.2 Å². The van der Waals surface area contributed by atoms with Crippen LogP contribution in [0.4, 0.5) is 0 Å². The van der Waals surface area contributed by atoms with Crippen LogP contribution in [0.1, 0.15) is 15.9 Å². The quantitative estimate of drug-likeness (QED) is 0.820. The molecule has 0 aromatic heterocycles. The van der Waals surface area contributed by atoms with Gasteiger partial charge in [-0.1, -0.05) is 36.4 Å². The van der Waals surface area contributed by atoms with E-state index in [0.717, 1.165) is 5.56 Å². The molecule has 0 atom stereocenters. The molecule has 0 unspecified atom stereocenters. The fraction of sp³-hybridized carbons (Fsp3) is 0.350. The molecule has 0 bridgehead atoms. The topological polar surface area (TPSA) is 69.7 Å². The van der Waals surface area contributed by atoms with Crippen LogP contribution in [0.5, 0.6) is 0 Å². The summed E-state index contributed by atoms with van der Waals surface area (Å²) in [4.78, 5) is 14.7. The Kier molecular flexibility index (Phi) is 6.26. The van der Waals surface area contributed by atoms with Gasteiger partial charge >= 0.3 is 0 Å². The van der Waals surface area contributed by atoms with E-state index in [1.54, 1.807) is 24.3 Å². The lowest BCUT2D eigenvalue weighted by atomic mass is 10.1. The molecule has 0 spiro atoms. The number of hydrogen-bond donors (Lipinski definition) is 1. The first-order chi connectivity index (χ1) is 13.0. The number of carbonyl (C=O) groups is 1. The van der Waals surface area contributed by atoms with Gasteiger partial charge in [-0.15, -0.1) is 0 Å². The Balaban J connectivity index is 1.46. The van der Waals surface area contributed by atoms with E-state index < -0.39 is 10.0 Å². The molecule has 0 saturated carbocycles. The summed E-state index contributed by atoms with van der Waals surface area (Å²) in [5.74, 6) is -0.0709. The number of hydrogen-bond acceptors (Lipinski definition) is 4. The van der Waals surface area contributed by atoms with Gasteiger partial charge in [0.15, 0.2) is 0 Å². The monoisotopic (exact) mass is 387 g/mol. The van der Waals surface area contributed by atoms with Crippen molar-refractivity contribution in [1.29, 1.82) is 0 Å². The van der Waals surface area contributed by atoms with Gasteiger partial charge in [-0.05, 0) is 30.7 Å².